The third-order valence-corrected chi connectivity index (χ3v) is 6.84. The number of aromatic nitrogens is 1. The maximum absolute atomic E-state index is 12.5. The number of likely N-dealkylation sites (tertiary alicyclic amines) is 1. The van der Waals surface area contributed by atoms with Crippen molar-refractivity contribution < 1.29 is 14.3 Å². The van der Waals surface area contributed by atoms with E-state index in [0.717, 1.165) is 41.5 Å². The molecule has 0 radical (unpaired) electrons. The third kappa shape index (κ3) is 5.56. The van der Waals surface area contributed by atoms with E-state index in [1.807, 2.05) is 30.5 Å². The molecule has 0 unspecified atom stereocenters. The zero-order valence-electron chi connectivity index (χ0n) is 15.6. The number of benzene rings is 1. The number of rotatable bonds is 6. The molecule has 2 aromatic rings. The number of amides is 1. The molecule has 1 saturated heterocycles. The van der Waals surface area contributed by atoms with Crippen molar-refractivity contribution in [2.24, 2.45) is 5.92 Å². The number of piperidine rings is 1. The van der Waals surface area contributed by atoms with Gasteiger partial charge in [-0.05, 0) is 37.3 Å². The van der Waals surface area contributed by atoms with E-state index in [9.17, 15) is 9.59 Å². The van der Waals surface area contributed by atoms with E-state index in [0.29, 0.717) is 17.2 Å². The Labute approximate surface area is 168 Å². The SMILES string of the molecule is Cc1csc(SCc2ccccc2C(=O)OCC(=O)N2CCC(C)CC2)n1. The zero-order valence-corrected chi connectivity index (χ0v) is 17.3. The summed E-state index contributed by atoms with van der Waals surface area (Å²) in [5.74, 6) is 0.735. The van der Waals surface area contributed by atoms with Crippen LogP contribution >= 0.6 is 23.1 Å². The van der Waals surface area contributed by atoms with Crippen LogP contribution < -0.4 is 0 Å². The second-order valence-corrected chi connectivity index (χ2v) is 8.92. The fourth-order valence-electron chi connectivity index (χ4n) is 2.94. The number of aryl methyl sites for hydroxylation is 1. The highest BCUT2D eigenvalue weighted by molar-refractivity contribution is 8.00. The number of thiazole rings is 1. The van der Waals surface area contributed by atoms with Crippen LogP contribution in [0.2, 0.25) is 0 Å². The summed E-state index contributed by atoms with van der Waals surface area (Å²) in [6, 6.07) is 7.38. The summed E-state index contributed by atoms with van der Waals surface area (Å²) < 4.78 is 6.29. The Hall–Kier alpha value is -1.86. The largest absolute Gasteiger partial charge is 0.452 e. The lowest BCUT2D eigenvalue weighted by atomic mass is 9.99. The predicted molar refractivity (Wildman–Crippen MR) is 108 cm³/mol. The van der Waals surface area contributed by atoms with Crippen molar-refractivity contribution in [1.29, 1.82) is 0 Å². The summed E-state index contributed by atoms with van der Waals surface area (Å²) in [4.78, 5) is 31.0. The van der Waals surface area contributed by atoms with Gasteiger partial charge in [-0.15, -0.1) is 11.3 Å². The summed E-state index contributed by atoms with van der Waals surface area (Å²) in [7, 11) is 0. The molecule has 0 spiro atoms. The molecule has 1 fully saturated rings. The molecule has 0 bridgehead atoms. The number of ether oxygens (including phenoxy) is 1. The molecule has 2 heterocycles. The molecule has 1 aromatic carbocycles. The van der Waals surface area contributed by atoms with Crippen LogP contribution in [0.3, 0.4) is 0 Å². The van der Waals surface area contributed by atoms with Crippen LogP contribution in [0.25, 0.3) is 0 Å². The Morgan fingerprint density at radius 2 is 2.04 bits per heavy atom. The Morgan fingerprint density at radius 3 is 2.74 bits per heavy atom. The minimum Gasteiger partial charge on any atom is -0.452 e. The summed E-state index contributed by atoms with van der Waals surface area (Å²) in [6.07, 6.45) is 2.02. The van der Waals surface area contributed by atoms with Gasteiger partial charge in [-0.3, -0.25) is 4.79 Å². The first-order chi connectivity index (χ1) is 13.0. The van der Waals surface area contributed by atoms with Gasteiger partial charge in [0.2, 0.25) is 0 Å². The topological polar surface area (TPSA) is 59.5 Å². The van der Waals surface area contributed by atoms with Crippen LogP contribution in [0.4, 0.5) is 0 Å². The fraction of sp³-hybridized carbons (Fsp3) is 0.450. The van der Waals surface area contributed by atoms with Crippen molar-refractivity contribution in [2.75, 3.05) is 19.7 Å². The van der Waals surface area contributed by atoms with Gasteiger partial charge in [-0.2, -0.15) is 0 Å². The lowest BCUT2D eigenvalue weighted by Gasteiger charge is -2.30. The van der Waals surface area contributed by atoms with Gasteiger partial charge in [0.1, 0.15) is 4.34 Å². The molecule has 144 valence electrons. The van der Waals surface area contributed by atoms with E-state index in [1.54, 1.807) is 34.1 Å². The van der Waals surface area contributed by atoms with Crippen LogP contribution in [0.1, 0.15) is 41.4 Å². The van der Waals surface area contributed by atoms with Crippen LogP contribution in [0.15, 0.2) is 34.0 Å². The Balaban J connectivity index is 1.55. The van der Waals surface area contributed by atoms with Crippen LogP contribution in [-0.4, -0.2) is 41.5 Å². The summed E-state index contributed by atoms with van der Waals surface area (Å²) >= 11 is 3.20. The van der Waals surface area contributed by atoms with E-state index in [2.05, 4.69) is 11.9 Å². The van der Waals surface area contributed by atoms with Gasteiger partial charge in [-0.1, -0.05) is 36.9 Å². The molecule has 1 aliphatic heterocycles. The standard InChI is InChI=1S/C20H24N2O3S2/c1-14-7-9-22(10-8-14)18(23)11-25-19(24)17-6-4-3-5-16(17)13-27-20-21-15(2)12-26-20/h3-6,12,14H,7-11,13H2,1-2H3. The Kier molecular flexibility index (Phi) is 6.90. The lowest BCUT2D eigenvalue weighted by molar-refractivity contribution is -0.135. The molecular weight excluding hydrogens is 380 g/mol. The van der Waals surface area contributed by atoms with Gasteiger partial charge in [0, 0.05) is 29.9 Å². The van der Waals surface area contributed by atoms with Gasteiger partial charge in [-0.25, -0.2) is 9.78 Å². The van der Waals surface area contributed by atoms with E-state index < -0.39 is 5.97 Å². The van der Waals surface area contributed by atoms with E-state index in [-0.39, 0.29) is 12.5 Å². The molecule has 1 aliphatic rings. The smallest absolute Gasteiger partial charge is 0.338 e. The van der Waals surface area contributed by atoms with E-state index >= 15 is 0 Å². The van der Waals surface area contributed by atoms with E-state index in [4.69, 9.17) is 4.74 Å². The maximum Gasteiger partial charge on any atom is 0.338 e. The fourth-order valence-corrected chi connectivity index (χ4v) is 4.79. The van der Waals surface area contributed by atoms with E-state index in [1.165, 1.54) is 0 Å². The highest BCUT2D eigenvalue weighted by Crippen LogP contribution is 2.27. The quantitative estimate of drug-likeness (QED) is 0.534. The van der Waals surface area contributed by atoms with Crippen LogP contribution in [-0.2, 0) is 15.3 Å². The molecular formula is C20H24N2O3S2. The number of hydrogen-bond acceptors (Lipinski definition) is 6. The number of nitrogens with zero attached hydrogens (tertiary/aromatic N) is 2. The van der Waals surface area contributed by atoms with Crippen molar-refractivity contribution in [3.8, 4) is 0 Å². The molecule has 5 nitrogen and oxygen atoms in total. The van der Waals surface area contributed by atoms with Crippen molar-refractivity contribution in [2.45, 2.75) is 36.8 Å². The number of thioether (sulfide) groups is 1. The van der Waals surface area contributed by atoms with Gasteiger partial charge in [0.15, 0.2) is 6.61 Å². The van der Waals surface area contributed by atoms with Gasteiger partial charge < -0.3 is 9.64 Å². The molecule has 0 N–H and O–H groups in total. The molecule has 7 heteroatoms. The minimum atomic E-state index is -0.444. The average Bonchev–Trinajstić information content (AvgIpc) is 3.10. The second kappa shape index (κ2) is 9.37. The Morgan fingerprint density at radius 1 is 1.30 bits per heavy atom. The van der Waals surface area contributed by atoms with Crippen LogP contribution in [0, 0.1) is 12.8 Å². The number of carbonyl (C=O) groups excluding carboxylic acids is 2. The summed E-state index contributed by atoms with van der Waals surface area (Å²) in [6.45, 7) is 5.46. The molecule has 0 atom stereocenters. The first kappa shape index (κ1) is 19.9. The average molecular weight is 405 g/mol. The van der Waals surface area contributed by atoms with Gasteiger partial charge in [0.05, 0.1) is 5.56 Å². The maximum atomic E-state index is 12.5. The molecule has 1 aromatic heterocycles. The highest BCUT2D eigenvalue weighted by atomic mass is 32.2. The Bertz CT molecular complexity index is 798. The number of carbonyl (C=O) groups is 2. The van der Waals surface area contributed by atoms with Gasteiger partial charge in [0.25, 0.3) is 5.91 Å². The zero-order chi connectivity index (χ0) is 19.2. The number of hydrogen-bond donors (Lipinski definition) is 0. The summed E-state index contributed by atoms with van der Waals surface area (Å²) in [5, 5.41) is 2.01. The summed E-state index contributed by atoms with van der Waals surface area (Å²) in [5.41, 5.74) is 2.40. The first-order valence-corrected chi connectivity index (χ1v) is 11.0. The second-order valence-electron chi connectivity index (χ2n) is 6.84. The predicted octanol–water partition coefficient (Wildman–Crippen LogP) is 4.16. The molecule has 1 amide bonds. The molecule has 0 aliphatic carbocycles. The van der Waals surface area contributed by atoms with Crippen molar-refractivity contribution in [3.05, 3.63) is 46.5 Å². The number of esters is 1. The van der Waals surface area contributed by atoms with Crippen molar-refractivity contribution >= 4 is 35.0 Å². The third-order valence-electron chi connectivity index (χ3n) is 4.65. The van der Waals surface area contributed by atoms with Gasteiger partial charge >= 0.3 is 5.97 Å². The molecule has 3 rings (SSSR count). The minimum absolute atomic E-state index is 0.111. The van der Waals surface area contributed by atoms with Crippen molar-refractivity contribution in [1.82, 2.24) is 9.88 Å². The van der Waals surface area contributed by atoms with Crippen molar-refractivity contribution in [3.63, 3.8) is 0 Å². The normalized spacial score (nSPS) is 15.0. The monoisotopic (exact) mass is 404 g/mol. The first-order valence-electron chi connectivity index (χ1n) is 9.10. The van der Waals surface area contributed by atoms with Crippen LogP contribution in [0.5, 0.6) is 0 Å². The highest BCUT2D eigenvalue weighted by Gasteiger charge is 2.22. The lowest BCUT2D eigenvalue weighted by Crippen LogP contribution is -2.40. The molecule has 27 heavy (non-hydrogen) atoms. The molecule has 0 saturated carbocycles.